The molecule has 7 aromatic rings. The third-order valence-electron chi connectivity index (χ3n) is 21.4. The van der Waals surface area contributed by atoms with Gasteiger partial charge in [-0.05, 0) is 107 Å². The Bertz CT molecular complexity index is 4790. The first-order valence-electron chi connectivity index (χ1n) is 38.5. The van der Waals surface area contributed by atoms with E-state index >= 15 is 24.0 Å². The topological polar surface area (TPSA) is 411 Å². The summed E-state index contributed by atoms with van der Waals surface area (Å²) in [4.78, 5) is 161. The average Bonchev–Trinajstić information content (AvgIpc) is 1.63. The normalized spacial score (nSPS) is 21.9. The Hall–Kier alpha value is -12.0. The van der Waals surface area contributed by atoms with Crippen LogP contribution in [0.1, 0.15) is 102 Å². The van der Waals surface area contributed by atoms with E-state index in [1.54, 1.807) is 148 Å². The second-order valence-corrected chi connectivity index (χ2v) is 32.0. The standard InChI is InChI=1S/C83H103N17O15/c1-47(84-9)72(103)91-70(82(3,4)5)79(110)97-43-59-38-67(97)77(108)89-65(37-52-21-27-54-17-13-15-19-56(54)33-52)76(107)90-66(81(112)113)35-50-24-30-62(31-25-50)115-46-58-42-100(96(11)94-58)60-39-68(98(44-60)80(111)71(83(6,7)8)92-73(104)48(2)85-10)78(109)88-64(36-51-20-26-53-16-12-14-18-55(53)32-51)75(106)87-63(74(105)86-40-69(101)102)34-49-22-28-61(29-23-49)114-45-57-41-99(59)95-93-57/h12-33,41-42,47-48,59-60,63-68,70-71,84-85,94H,34-40,43-46H2,1-11H3,(H,86,105)(H,87,106)(H,88,109)(H,89,108)(H,90,107)(H,91,103)(H,92,104)(H,101,102)(H,112,113)/t47-,48-,59-,60-,63-,64-,65-,66-,67-,68-,70+,71+/m0/s1. The highest BCUT2D eigenvalue weighted by Gasteiger charge is 2.50. The molecular weight excluding hydrogens is 1480 g/mol. The molecule has 12 N–H and O–H groups in total. The summed E-state index contributed by atoms with van der Waals surface area (Å²) in [5.74, 6) is -8.04. The van der Waals surface area contributed by atoms with Gasteiger partial charge in [-0.3, -0.25) is 53.0 Å². The summed E-state index contributed by atoms with van der Waals surface area (Å²) in [6, 6.07) is 26.0. The molecule has 0 unspecified atom stereocenters. The first kappa shape index (κ1) is 83.9. The zero-order valence-electron chi connectivity index (χ0n) is 66.4. The van der Waals surface area contributed by atoms with E-state index in [-0.39, 0.29) is 64.8 Å². The Morgan fingerprint density at radius 1 is 0.565 bits per heavy atom. The zero-order chi connectivity index (χ0) is 82.7. The van der Waals surface area contributed by atoms with Crippen LogP contribution in [0.3, 0.4) is 0 Å². The van der Waals surface area contributed by atoms with Crippen molar-refractivity contribution in [2.24, 2.45) is 10.8 Å². The molecule has 0 spiro atoms. The monoisotopic (exact) mass is 1580 g/mol. The first-order chi connectivity index (χ1) is 54.7. The van der Waals surface area contributed by atoms with Crippen molar-refractivity contribution in [1.29, 1.82) is 0 Å². The molecular formula is C83H103N17O15. The predicted molar refractivity (Wildman–Crippen MR) is 425 cm³/mol. The molecule has 115 heavy (non-hydrogen) atoms. The summed E-state index contributed by atoms with van der Waals surface area (Å²) in [5.41, 5.74) is 4.60. The van der Waals surface area contributed by atoms with Crippen LogP contribution < -0.4 is 62.8 Å². The number of aliphatic carboxylic acids is 2. The van der Waals surface area contributed by atoms with Crippen LogP contribution in [0.4, 0.5) is 0 Å². The second-order valence-electron chi connectivity index (χ2n) is 32.0. The number of aromatic nitrogens is 3. The highest BCUT2D eigenvalue weighted by Crippen LogP contribution is 2.34. The largest absolute Gasteiger partial charge is 0.487 e. The van der Waals surface area contributed by atoms with E-state index in [0.29, 0.717) is 45.1 Å². The summed E-state index contributed by atoms with van der Waals surface area (Å²) >= 11 is 0. The van der Waals surface area contributed by atoms with Gasteiger partial charge in [0.05, 0.1) is 36.1 Å². The summed E-state index contributed by atoms with van der Waals surface area (Å²) < 4.78 is 14.0. The number of ether oxygens (including phenoxy) is 2. The van der Waals surface area contributed by atoms with Crippen LogP contribution in [0.2, 0.25) is 0 Å². The number of fused-ring (bicyclic) bond motifs is 2. The minimum Gasteiger partial charge on any atom is -0.487 e. The molecule has 610 valence electrons. The smallest absolute Gasteiger partial charge is 0.326 e. The number of amides is 9. The number of hydrogen-bond acceptors (Lipinski definition) is 20. The number of benzene rings is 6. The number of nitrogens with one attached hydrogen (secondary N) is 10. The molecule has 8 heterocycles. The van der Waals surface area contributed by atoms with Crippen molar-refractivity contribution in [3.8, 4) is 11.5 Å². The summed E-state index contributed by atoms with van der Waals surface area (Å²) in [6.07, 6.45) is 2.70. The Morgan fingerprint density at radius 2 is 1.02 bits per heavy atom. The number of carbonyl (C=O) groups is 11. The van der Waals surface area contributed by atoms with E-state index < -0.39 is 155 Å². The number of likely N-dealkylation sites (N-methyl/N-ethyl adjacent to an activating group) is 2. The van der Waals surface area contributed by atoms with E-state index in [1.165, 1.54) is 14.5 Å². The summed E-state index contributed by atoms with van der Waals surface area (Å²) in [7, 11) is 4.95. The number of nitrogens with zero attached hydrogens (tertiary/aromatic N) is 7. The number of rotatable bonds is 16. The van der Waals surface area contributed by atoms with Gasteiger partial charge >= 0.3 is 11.9 Å². The third kappa shape index (κ3) is 21.1. The third-order valence-corrected chi connectivity index (χ3v) is 21.4. The van der Waals surface area contributed by atoms with E-state index in [2.05, 4.69) is 63.6 Å². The fourth-order valence-corrected chi connectivity index (χ4v) is 14.6. The highest BCUT2D eigenvalue weighted by atomic mass is 16.5. The molecule has 0 radical (unpaired) electrons. The van der Waals surface area contributed by atoms with Crippen molar-refractivity contribution in [2.45, 2.75) is 173 Å². The molecule has 32 nitrogen and oxygen atoms in total. The molecule has 9 amide bonds. The minimum absolute atomic E-state index is 0.00432. The van der Waals surface area contributed by atoms with Crippen LogP contribution in [-0.4, -0.2) is 224 Å². The maximum Gasteiger partial charge on any atom is 0.326 e. The number of hydrogen-bond donors (Lipinski definition) is 12. The number of carboxylic acid groups (broad SMARTS) is 2. The lowest BCUT2D eigenvalue weighted by Crippen LogP contribution is -2.61. The number of hydrazine groups is 2. The van der Waals surface area contributed by atoms with Crippen molar-refractivity contribution in [3.63, 3.8) is 0 Å². The lowest BCUT2D eigenvalue weighted by Gasteiger charge is -2.36. The maximum atomic E-state index is 15.5. The highest BCUT2D eigenvalue weighted by molar-refractivity contribution is 5.99. The number of carbonyl (C=O) groups excluding carboxylic acids is 9. The Balaban J connectivity index is 0.942. The first-order valence-corrected chi connectivity index (χ1v) is 38.5. The maximum absolute atomic E-state index is 15.5. The zero-order valence-corrected chi connectivity index (χ0v) is 66.4. The second kappa shape index (κ2) is 36.4. The summed E-state index contributed by atoms with van der Waals surface area (Å²) in [6.45, 7) is 12.9. The molecule has 0 aliphatic carbocycles. The molecule has 2 saturated heterocycles. The SMILES string of the molecule is CN[C@@H](C)C(=O)N[C@H](C(=O)N1C[C@@H]2C[C@H]1C(=O)N[C@@H](Cc1ccc3ccccc3c1)C(=O)N[C@H](C(=O)O)Cc1ccc(cc1)OCC1=CN([C@H]3C[C@@H](C(=O)N[C@@H](Cc4ccc5ccccc5c4)C(=O)N[C@H](C(=O)NCC(=O)O)Cc4ccc(cc4)OCc4cn2nn4)N(C(=O)[C@@H](NC(=O)[C@H](C)NC)C(C)(C)C)C3)N(C)N1)C(C)(C)C. The minimum atomic E-state index is -1.52. The van der Waals surface area contributed by atoms with Crippen LogP contribution in [0.5, 0.6) is 11.5 Å². The van der Waals surface area contributed by atoms with Crippen molar-refractivity contribution < 1.29 is 72.4 Å². The van der Waals surface area contributed by atoms with Crippen LogP contribution in [0.15, 0.2) is 152 Å². The van der Waals surface area contributed by atoms with Gasteiger partial charge in [-0.1, -0.05) is 156 Å². The summed E-state index contributed by atoms with van der Waals surface area (Å²) in [5, 5.41) is 61.8. The van der Waals surface area contributed by atoms with E-state index in [1.807, 2.05) is 84.9 Å². The average molecular weight is 1580 g/mol. The van der Waals surface area contributed by atoms with E-state index in [4.69, 9.17) is 9.47 Å². The molecule has 12 atom stereocenters. The Morgan fingerprint density at radius 3 is 1.49 bits per heavy atom. The number of carboxylic acids is 2. The fourth-order valence-electron chi connectivity index (χ4n) is 14.6. The molecule has 12 bridgehead atoms. The molecule has 7 aliphatic heterocycles. The van der Waals surface area contributed by atoms with Gasteiger partial charge in [-0.25, -0.2) is 9.48 Å². The predicted octanol–water partition coefficient (Wildman–Crippen LogP) is 2.95. The van der Waals surface area contributed by atoms with Crippen molar-refractivity contribution in [2.75, 3.05) is 47.4 Å². The molecule has 32 heteroatoms. The van der Waals surface area contributed by atoms with Crippen molar-refractivity contribution in [1.82, 2.24) is 88.2 Å². The lowest BCUT2D eigenvalue weighted by atomic mass is 9.85. The van der Waals surface area contributed by atoms with Gasteiger partial charge in [0, 0.05) is 64.9 Å². The fraction of sp³-hybridized carbons (Fsp3) is 0.434. The molecule has 2 fully saturated rings. The van der Waals surface area contributed by atoms with Crippen LogP contribution in [-0.2, 0) is 85.0 Å². The van der Waals surface area contributed by atoms with Crippen LogP contribution in [0, 0.1) is 10.8 Å². The molecule has 14 rings (SSSR count). The van der Waals surface area contributed by atoms with E-state index in [0.717, 1.165) is 21.5 Å². The van der Waals surface area contributed by atoms with E-state index in [9.17, 15) is 39.0 Å². The lowest BCUT2D eigenvalue weighted by molar-refractivity contribution is -0.145. The van der Waals surface area contributed by atoms with Gasteiger partial charge in [0.1, 0.15) is 85.3 Å². The van der Waals surface area contributed by atoms with Gasteiger partial charge in [0.25, 0.3) is 0 Å². The van der Waals surface area contributed by atoms with Gasteiger partial charge in [0.15, 0.2) is 0 Å². The van der Waals surface area contributed by atoms with Crippen LogP contribution in [0.25, 0.3) is 21.5 Å². The van der Waals surface area contributed by atoms with Crippen molar-refractivity contribution >= 4 is 86.6 Å². The quantitative estimate of drug-likeness (QED) is 0.0661. The molecule has 7 aliphatic rings. The molecule has 1 aromatic heterocycles. The number of likely N-dealkylation sites (tertiary alicyclic amines) is 2. The van der Waals surface area contributed by atoms with Crippen LogP contribution >= 0.6 is 0 Å². The van der Waals surface area contributed by atoms with Gasteiger partial charge in [0.2, 0.25) is 53.2 Å². The molecule has 6 aromatic carbocycles. The van der Waals surface area contributed by atoms with Crippen molar-refractivity contribution in [3.05, 3.63) is 180 Å². The Kier molecular flexibility index (Phi) is 26.6. The van der Waals surface area contributed by atoms with Gasteiger partial charge in [-0.2, -0.15) is 0 Å². The Labute approximate surface area is 666 Å². The molecule has 0 saturated carbocycles. The van der Waals surface area contributed by atoms with Gasteiger partial charge < -0.3 is 82.8 Å². The van der Waals surface area contributed by atoms with Gasteiger partial charge in [-0.15, -0.1) is 10.2 Å².